The predicted octanol–water partition coefficient (Wildman–Crippen LogP) is -3.21. The first-order chi connectivity index (χ1) is 13.1. The van der Waals surface area contributed by atoms with Gasteiger partial charge in [-0.3, -0.25) is 0 Å². The van der Waals surface area contributed by atoms with E-state index in [1.54, 1.807) is 0 Å². The summed E-state index contributed by atoms with van der Waals surface area (Å²) in [5.41, 5.74) is -1.73. The van der Waals surface area contributed by atoms with Crippen LogP contribution in [0.4, 0.5) is 0 Å². The number of H-pyrrole nitrogens is 1. The molecule has 0 amide bonds. The zero-order valence-corrected chi connectivity index (χ0v) is 16.7. The van der Waals surface area contributed by atoms with Crippen molar-refractivity contribution in [3.05, 3.63) is 33.1 Å². The summed E-state index contributed by atoms with van der Waals surface area (Å²) in [7, 11) is -16.7. The second-order valence-electron chi connectivity index (χ2n) is 5.55. The molecule has 0 aromatic carbocycles. The summed E-state index contributed by atoms with van der Waals surface area (Å²) in [6.07, 6.45) is -5.62. The fourth-order valence-electron chi connectivity index (χ4n) is 2.24. The first kappa shape index (κ1) is 24.4. The first-order valence-corrected chi connectivity index (χ1v) is 12.1. The summed E-state index contributed by atoms with van der Waals surface area (Å²) >= 11 is 0. The van der Waals surface area contributed by atoms with Gasteiger partial charge in [0.05, 0.1) is 0 Å². The van der Waals surface area contributed by atoms with Crippen LogP contribution in [-0.2, 0) is 27.0 Å². The van der Waals surface area contributed by atoms with Crippen molar-refractivity contribution in [1.82, 2.24) is 9.55 Å². The normalized spacial score (nSPS) is 28.2. The molecule has 0 bridgehead atoms. The summed E-state index contributed by atoms with van der Waals surface area (Å²) in [6, 6.07) is 0.928. The molecule has 1 aliphatic heterocycles. The number of aliphatic hydroxyl groups excluding tert-OH is 2. The molecule has 1 aliphatic rings. The quantitative estimate of drug-likeness (QED) is 0.168. The number of hydrogen-bond donors (Lipinski definition) is 8. The van der Waals surface area contributed by atoms with Crippen LogP contribution in [0.2, 0.25) is 0 Å². The van der Waals surface area contributed by atoms with E-state index in [0.717, 1.165) is 16.8 Å². The molecule has 0 spiro atoms. The third kappa shape index (κ3) is 6.82. The molecule has 0 radical (unpaired) electrons. The molecule has 1 aromatic heterocycles. The van der Waals surface area contributed by atoms with Crippen molar-refractivity contribution in [1.29, 1.82) is 0 Å². The van der Waals surface area contributed by atoms with Crippen LogP contribution >= 0.6 is 23.8 Å². The van der Waals surface area contributed by atoms with Gasteiger partial charge in [-0.15, -0.1) is 0 Å². The summed E-state index contributed by atoms with van der Waals surface area (Å²) < 4.78 is 39.7. The minimum atomic E-state index is -5.79. The topological polar surface area (TPSA) is 268 Å². The number of rotatable bonds is 8. The van der Waals surface area contributed by atoms with Crippen molar-refractivity contribution in [2.45, 2.75) is 24.5 Å². The molecule has 8 N–H and O–H groups in total. The average molecular weight is 486 g/mol. The van der Waals surface area contributed by atoms with E-state index in [0.29, 0.717) is 0 Å². The number of nitrogens with zero attached hydrogens (tertiary/aromatic N) is 1. The summed E-state index contributed by atoms with van der Waals surface area (Å²) in [6.45, 7) is -1.01. The molecule has 0 aliphatic carbocycles. The van der Waals surface area contributed by atoms with Gasteiger partial charge >= 0.3 is 159 Å². The Balaban J connectivity index is 2.05. The van der Waals surface area contributed by atoms with Crippen LogP contribution in [0, 0.1) is 0 Å². The van der Waals surface area contributed by atoms with Gasteiger partial charge in [0.15, 0.2) is 0 Å². The Kier molecular flexibility index (Phi) is 7.32. The Morgan fingerprint density at radius 3 is 2.31 bits per heavy atom. The minimum absolute atomic E-state index is 0.720. The molecular formula is C9H17N2O15P3. The van der Waals surface area contributed by atoms with Crippen LogP contribution in [-0.4, -0.2) is 69.1 Å². The third-order valence-corrected chi connectivity index (χ3v) is 7.59. The van der Waals surface area contributed by atoms with Crippen LogP contribution in [0.5, 0.6) is 0 Å². The maximum atomic E-state index is 11.7. The third-order valence-electron chi connectivity index (χ3n) is 3.34. The number of aromatic nitrogens is 2. The summed E-state index contributed by atoms with van der Waals surface area (Å²) in [5, 5.41) is 19.9. The van der Waals surface area contributed by atoms with Crippen LogP contribution < -0.4 is 11.2 Å². The molecule has 5 atom stereocenters. The average Bonchev–Trinajstić information content (AvgIpc) is 2.78. The number of phosphoric acid groups is 2. The Hall–Kier alpha value is -0.870. The fourth-order valence-corrected chi connectivity index (χ4v) is 5.66. The predicted molar refractivity (Wildman–Crippen MR) is 90.0 cm³/mol. The number of ether oxygens (including phenoxy) is 1. The van der Waals surface area contributed by atoms with E-state index in [4.69, 9.17) is 14.5 Å². The Morgan fingerprint density at radius 2 is 1.76 bits per heavy atom. The standard InChI is InChI=1S/C9H17N2O15P3/c12-5-1-2-11(9(15)10-5)8-7(14)6(13)4(24-8)3-23-28(19,20)26-29(21,22)25-27(16,17)18/h1-2,4,6-8,13-14,21-22,29H,3H2,(H,19,20)(H,10,12,15)(H2,16,17,18)/t4-,6?,7?,8-/m1/s1. The molecule has 17 nitrogen and oxygen atoms in total. The molecule has 3 unspecified atom stereocenters. The zero-order chi connectivity index (χ0) is 22.2. The molecule has 2 rings (SSSR count). The van der Waals surface area contributed by atoms with Crippen molar-refractivity contribution in [3.8, 4) is 0 Å². The Labute approximate surface area is 160 Å². The van der Waals surface area contributed by atoms with E-state index in [9.17, 15) is 43.6 Å². The number of aliphatic hydroxyl groups is 2. The van der Waals surface area contributed by atoms with Crippen molar-refractivity contribution >= 4 is 23.8 Å². The SMILES string of the molecule is O=c1ccn([C@@H]2O[C@H](COP(=O)(O)O[PH](O)(O)OP(=O)(O)O)C(O)C2O)c(=O)[nH]1. The van der Waals surface area contributed by atoms with Crippen LogP contribution in [0.25, 0.3) is 0 Å². The van der Waals surface area contributed by atoms with Crippen molar-refractivity contribution in [2.24, 2.45) is 0 Å². The molecule has 20 heteroatoms. The molecule has 1 aromatic rings. The second-order valence-corrected chi connectivity index (χ2v) is 10.3. The molecule has 2 heterocycles. The van der Waals surface area contributed by atoms with Crippen molar-refractivity contribution in [3.63, 3.8) is 0 Å². The van der Waals surface area contributed by atoms with Crippen LogP contribution in [0.1, 0.15) is 6.23 Å². The number of aromatic amines is 1. The maximum absolute atomic E-state index is 11.7. The fraction of sp³-hybridized carbons (Fsp3) is 0.556. The number of hydrogen-bond acceptors (Lipinski definition) is 12. The van der Waals surface area contributed by atoms with Gasteiger partial charge in [-0.05, 0) is 0 Å². The molecule has 168 valence electrons. The van der Waals surface area contributed by atoms with E-state index < -0.39 is 66.2 Å². The number of phosphoric ester groups is 1. The van der Waals surface area contributed by atoms with E-state index in [-0.39, 0.29) is 0 Å². The van der Waals surface area contributed by atoms with Crippen LogP contribution in [0.15, 0.2) is 21.9 Å². The summed E-state index contributed by atoms with van der Waals surface area (Å²) in [5.74, 6) is 0. The van der Waals surface area contributed by atoms with E-state index in [1.807, 2.05) is 4.98 Å². The van der Waals surface area contributed by atoms with E-state index in [2.05, 4.69) is 13.1 Å². The molecule has 1 fully saturated rings. The van der Waals surface area contributed by atoms with Crippen LogP contribution in [0.3, 0.4) is 0 Å². The second kappa shape index (κ2) is 8.70. The first-order valence-electron chi connectivity index (χ1n) is 7.32. The van der Waals surface area contributed by atoms with Gasteiger partial charge in [-0.1, -0.05) is 0 Å². The van der Waals surface area contributed by atoms with Gasteiger partial charge in [0.25, 0.3) is 0 Å². The van der Waals surface area contributed by atoms with Gasteiger partial charge in [0.2, 0.25) is 0 Å². The van der Waals surface area contributed by atoms with Gasteiger partial charge in [-0.25, -0.2) is 0 Å². The molecular weight excluding hydrogens is 469 g/mol. The molecule has 0 saturated carbocycles. The van der Waals surface area contributed by atoms with E-state index >= 15 is 0 Å². The summed E-state index contributed by atoms with van der Waals surface area (Å²) in [4.78, 5) is 69.4. The van der Waals surface area contributed by atoms with Crippen molar-refractivity contribution in [2.75, 3.05) is 6.61 Å². The number of nitrogens with one attached hydrogen (secondary N) is 1. The zero-order valence-electron chi connectivity index (χ0n) is 13.9. The van der Waals surface area contributed by atoms with E-state index in [1.165, 1.54) is 0 Å². The molecule has 29 heavy (non-hydrogen) atoms. The van der Waals surface area contributed by atoms with Crippen molar-refractivity contribution < 1.29 is 61.7 Å². The molecule has 1 saturated heterocycles. The Morgan fingerprint density at radius 1 is 1.14 bits per heavy atom. The van der Waals surface area contributed by atoms with Gasteiger partial charge in [-0.2, -0.15) is 0 Å². The van der Waals surface area contributed by atoms with Gasteiger partial charge in [0, 0.05) is 0 Å². The monoisotopic (exact) mass is 486 g/mol. The Bertz CT molecular complexity index is 937. The van der Waals surface area contributed by atoms with Gasteiger partial charge in [0.1, 0.15) is 0 Å². The van der Waals surface area contributed by atoms with Gasteiger partial charge < -0.3 is 0 Å².